The third-order valence-electron chi connectivity index (χ3n) is 6.98. The van der Waals surface area contributed by atoms with Crippen LogP contribution in [0.15, 0.2) is 78.9 Å². The summed E-state index contributed by atoms with van der Waals surface area (Å²) in [7, 11) is 3.09. The quantitative estimate of drug-likeness (QED) is 0.498. The SMILES string of the molecule is COc1cc(OC)cc([C@@H]2[C@H](C(=O)c3ccccc3)N3c4ccccc4C=C[C@@H]3C2(C#N)C#N)c1. The zero-order valence-electron chi connectivity index (χ0n) is 19.4. The van der Waals surface area contributed by atoms with Crippen LogP contribution < -0.4 is 14.4 Å². The maximum absolute atomic E-state index is 14.2. The number of hydrogen-bond donors (Lipinski definition) is 0. The van der Waals surface area contributed by atoms with Gasteiger partial charge < -0.3 is 14.4 Å². The van der Waals surface area contributed by atoms with Gasteiger partial charge in [0.15, 0.2) is 11.2 Å². The predicted octanol–water partition coefficient (Wildman–Crippen LogP) is 4.99. The monoisotopic (exact) mass is 461 g/mol. The molecule has 3 atom stereocenters. The zero-order chi connectivity index (χ0) is 24.6. The summed E-state index contributed by atoms with van der Waals surface area (Å²) in [5.74, 6) is 0.126. The lowest BCUT2D eigenvalue weighted by molar-refractivity contribution is 0.0950. The third kappa shape index (κ3) is 3.34. The highest BCUT2D eigenvalue weighted by molar-refractivity contribution is 6.04. The lowest BCUT2D eigenvalue weighted by Gasteiger charge is -2.35. The first-order valence-electron chi connectivity index (χ1n) is 11.3. The van der Waals surface area contributed by atoms with Crippen molar-refractivity contribution in [1.29, 1.82) is 10.5 Å². The minimum Gasteiger partial charge on any atom is -0.497 e. The van der Waals surface area contributed by atoms with Gasteiger partial charge in [0.2, 0.25) is 0 Å². The number of benzene rings is 3. The number of para-hydroxylation sites is 1. The van der Waals surface area contributed by atoms with Gasteiger partial charge in [-0.15, -0.1) is 0 Å². The van der Waals surface area contributed by atoms with Gasteiger partial charge in [-0.25, -0.2) is 0 Å². The lowest BCUT2D eigenvalue weighted by Crippen LogP contribution is -2.44. The van der Waals surface area contributed by atoms with Crippen LogP contribution in [0.3, 0.4) is 0 Å². The Labute approximate surface area is 204 Å². The Morgan fingerprint density at radius 3 is 2.17 bits per heavy atom. The van der Waals surface area contributed by atoms with Gasteiger partial charge in [0.05, 0.1) is 32.4 Å². The van der Waals surface area contributed by atoms with Gasteiger partial charge >= 0.3 is 0 Å². The predicted molar refractivity (Wildman–Crippen MR) is 132 cm³/mol. The summed E-state index contributed by atoms with van der Waals surface area (Å²) in [5.41, 5.74) is 1.38. The highest BCUT2D eigenvalue weighted by Gasteiger charge is 2.63. The van der Waals surface area contributed by atoms with Crippen LogP contribution in [0.5, 0.6) is 11.5 Å². The molecule has 6 heteroatoms. The van der Waals surface area contributed by atoms with Crippen molar-refractivity contribution in [3.63, 3.8) is 0 Å². The summed E-state index contributed by atoms with van der Waals surface area (Å²) in [4.78, 5) is 16.1. The van der Waals surface area contributed by atoms with Gasteiger partial charge in [-0.1, -0.05) is 60.7 Å². The van der Waals surface area contributed by atoms with Crippen molar-refractivity contribution in [3.05, 3.63) is 95.6 Å². The second-order valence-electron chi connectivity index (χ2n) is 8.66. The molecule has 172 valence electrons. The Bertz CT molecular complexity index is 1360. The number of nitriles is 2. The normalized spacial score (nSPS) is 21.3. The van der Waals surface area contributed by atoms with E-state index >= 15 is 0 Å². The van der Waals surface area contributed by atoms with Gasteiger partial charge in [0, 0.05) is 23.2 Å². The largest absolute Gasteiger partial charge is 0.497 e. The van der Waals surface area contributed by atoms with Crippen LogP contribution in [0.4, 0.5) is 5.69 Å². The summed E-state index contributed by atoms with van der Waals surface area (Å²) < 4.78 is 11.0. The molecule has 1 fully saturated rings. The van der Waals surface area contributed by atoms with Crippen LogP contribution >= 0.6 is 0 Å². The average Bonchev–Trinajstić information content (AvgIpc) is 3.23. The smallest absolute Gasteiger partial charge is 0.185 e. The average molecular weight is 462 g/mol. The number of ketones is 1. The Morgan fingerprint density at radius 1 is 0.914 bits per heavy atom. The molecule has 5 rings (SSSR count). The molecule has 6 nitrogen and oxygen atoms in total. The highest BCUT2D eigenvalue weighted by atomic mass is 16.5. The molecule has 1 saturated heterocycles. The molecule has 0 radical (unpaired) electrons. The molecule has 0 N–H and O–H groups in total. The topological polar surface area (TPSA) is 86.3 Å². The van der Waals surface area contributed by atoms with Crippen molar-refractivity contribution in [2.24, 2.45) is 5.41 Å². The van der Waals surface area contributed by atoms with Crippen LogP contribution in [0.1, 0.15) is 27.4 Å². The highest BCUT2D eigenvalue weighted by Crippen LogP contribution is 2.56. The standard InChI is InChI=1S/C29H23N3O3/c1-34-22-14-21(15-23(16-22)35-2)26-27(28(33)20-9-4-3-5-10-20)32-24-11-7-6-8-19(24)12-13-25(32)29(26,17-30)18-31/h3-16,25-27H,1-2H3/t25-,26-,27-/m1/s1. The molecule has 35 heavy (non-hydrogen) atoms. The van der Waals surface area contributed by atoms with Crippen LogP contribution in [0.2, 0.25) is 0 Å². The fraction of sp³-hybridized carbons (Fsp3) is 0.207. The fourth-order valence-electron chi connectivity index (χ4n) is 5.39. The molecule has 0 amide bonds. The molecular formula is C29H23N3O3. The Hall–Kier alpha value is -4.55. The molecule has 0 spiro atoms. The summed E-state index contributed by atoms with van der Waals surface area (Å²) in [6, 6.07) is 25.3. The molecule has 2 aliphatic heterocycles. The van der Waals surface area contributed by atoms with Crippen LogP contribution in [0, 0.1) is 28.1 Å². The summed E-state index contributed by atoms with van der Waals surface area (Å²) in [6.45, 7) is 0. The van der Waals surface area contributed by atoms with Crippen molar-refractivity contribution < 1.29 is 14.3 Å². The minimum atomic E-state index is -1.53. The maximum atomic E-state index is 14.2. The molecule has 0 saturated carbocycles. The maximum Gasteiger partial charge on any atom is 0.185 e. The van der Waals surface area contributed by atoms with E-state index in [-0.39, 0.29) is 5.78 Å². The van der Waals surface area contributed by atoms with Crippen molar-refractivity contribution in [2.75, 3.05) is 19.1 Å². The van der Waals surface area contributed by atoms with Crippen LogP contribution in [0.25, 0.3) is 6.08 Å². The molecule has 3 aromatic rings. The van der Waals surface area contributed by atoms with E-state index in [0.29, 0.717) is 22.6 Å². The summed E-state index contributed by atoms with van der Waals surface area (Å²) in [5, 5.41) is 21.1. The number of nitrogens with zero attached hydrogens (tertiary/aromatic N) is 3. The van der Waals surface area contributed by atoms with Gasteiger partial charge in [0.25, 0.3) is 0 Å². The Kier molecular flexibility index (Phi) is 5.51. The molecule has 2 heterocycles. The van der Waals surface area contributed by atoms with Gasteiger partial charge in [-0.05, 0) is 29.3 Å². The number of rotatable bonds is 5. The lowest BCUT2D eigenvalue weighted by atomic mass is 9.69. The molecular weight excluding hydrogens is 438 g/mol. The first-order chi connectivity index (χ1) is 17.1. The van der Waals surface area contributed by atoms with E-state index < -0.39 is 23.4 Å². The molecule has 0 bridgehead atoms. The summed E-state index contributed by atoms with van der Waals surface area (Å²) >= 11 is 0. The van der Waals surface area contributed by atoms with E-state index in [0.717, 1.165) is 11.3 Å². The number of anilines is 1. The number of carbonyl (C=O) groups excluding carboxylic acids is 1. The molecule has 0 unspecified atom stereocenters. The number of Topliss-reactive ketones (excluding diaryl/α,β-unsaturated/α-hetero) is 1. The number of fused-ring (bicyclic) bond motifs is 3. The van der Waals surface area contributed by atoms with E-state index in [4.69, 9.17) is 9.47 Å². The number of methoxy groups -OCH3 is 2. The van der Waals surface area contributed by atoms with Crippen molar-refractivity contribution in [1.82, 2.24) is 0 Å². The van der Waals surface area contributed by atoms with Crippen molar-refractivity contribution in [3.8, 4) is 23.6 Å². The molecule has 3 aromatic carbocycles. The van der Waals surface area contributed by atoms with Crippen molar-refractivity contribution >= 4 is 17.5 Å². The second kappa shape index (κ2) is 8.66. The zero-order valence-corrected chi connectivity index (χ0v) is 19.4. The minimum absolute atomic E-state index is 0.153. The van der Waals surface area contributed by atoms with E-state index in [1.54, 1.807) is 44.6 Å². The summed E-state index contributed by atoms with van der Waals surface area (Å²) in [6.07, 6.45) is 3.80. The van der Waals surface area contributed by atoms with E-state index in [2.05, 4.69) is 12.1 Å². The molecule has 0 aromatic heterocycles. The Balaban J connectivity index is 1.81. The number of carbonyl (C=O) groups is 1. The van der Waals surface area contributed by atoms with Gasteiger partial charge in [0.1, 0.15) is 17.5 Å². The first-order valence-corrected chi connectivity index (χ1v) is 11.3. The number of hydrogen-bond acceptors (Lipinski definition) is 6. The van der Waals surface area contributed by atoms with Crippen LogP contribution in [-0.4, -0.2) is 32.1 Å². The van der Waals surface area contributed by atoms with Crippen LogP contribution in [-0.2, 0) is 0 Å². The van der Waals surface area contributed by atoms with E-state index in [1.165, 1.54) is 0 Å². The molecule has 0 aliphatic carbocycles. The third-order valence-corrected chi connectivity index (χ3v) is 6.98. The van der Waals surface area contributed by atoms with E-state index in [9.17, 15) is 15.3 Å². The molecule has 2 aliphatic rings. The van der Waals surface area contributed by atoms with Gasteiger partial charge in [-0.2, -0.15) is 10.5 Å². The van der Waals surface area contributed by atoms with E-state index in [1.807, 2.05) is 59.5 Å². The second-order valence-corrected chi connectivity index (χ2v) is 8.66. The fourth-order valence-corrected chi connectivity index (χ4v) is 5.39. The Morgan fingerprint density at radius 2 is 1.54 bits per heavy atom. The number of ether oxygens (including phenoxy) is 2. The van der Waals surface area contributed by atoms with Gasteiger partial charge in [-0.3, -0.25) is 4.79 Å². The first kappa shape index (κ1) is 22.3. The van der Waals surface area contributed by atoms with Crippen molar-refractivity contribution in [2.45, 2.75) is 18.0 Å².